The van der Waals surface area contributed by atoms with Crippen molar-refractivity contribution in [1.82, 2.24) is 4.98 Å². The van der Waals surface area contributed by atoms with Crippen LogP contribution < -0.4 is 9.64 Å². The van der Waals surface area contributed by atoms with Crippen molar-refractivity contribution >= 4 is 23.0 Å². The molecule has 0 bridgehead atoms. The molecule has 31 heavy (non-hydrogen) atoms. The second-order valence-electron chi connectivity index (χ2n) is 7.69. The van der Waals surface area contributed by atoms with Gasteiger partial charge in [-0.15, -0.1) is 11.3 Å². The smallest absolute Gasteiger partial charge is 0.309 e. The lowest BCUT2D eigenvalue weighted by molar-refractivity contribution is -0.145. The molecule has 7 heteroatoms. The van der Waals surface area contributed by atoms with E-state index in [1.807, 2.05) is 24.6 Å². The zero-order valence-electron chi connectivity index (χ0n) is 17.7. The molecule has 4 rings (SSSR count). The number of benzene rings is 2. The Morgan fingerprint density at radius 1 is 1.16 bits per heavy atom. The fourth-order valence-electron chi connectivity index (χ4n) is 4.61. The number of rotatable bonds is 6. The summed E-state index contributed by atoms with van der Waals surface area (Å²) in [5.41, 5.74) is 2.87. The number of anilines is 1. The Morgan fingerprint density at radius 2 is 1.94 bits per heavy atom. The van der Waals surface area contributed by atoms with Crippen LogP contribution in [0.1, 0.15) is 24.3 Å². The molecule has 1 saturated carbocycles. The molecule has 0 saturated heterocycles. The van der Waals surface area contributed by atoms with E-state index in [-0.39, 0.29) is 29.7 Å². The largest absolute Gasteiger partial charge is 0.495 e. The van der Waals surface area contributed by atoms with Crippen molar-refractivity contribution in [2.75, 3.05) is 26.2 Å². The quantitative estimate of drug-likeness (QED) is 0.498. The lowest BCUT2D eigenvalue weighted by atomic mass is 9.85. The molecule has 1 heterocycles. The van der Waals surface area contributed by atoms with Crippen LogP contribution in [0, 0.1) is 11.7 Å². The Hall–Kier alpha value is -2.93. The third-order valence-electron chi connectivity index (χ3n) is 6.12. The first-order valence-corrected chi connectivity index (χ1v) is 11.1. The topological polar surface area (TPSA) is 51.7 Å². The van der Waals surface area contributed by atoms with Gasteiger partial charge in [-0.2, -0.15) is 0 Å². The van der Waals surface area contributed by atoms with E-state index in [0.717, 1.165) is 34.0 Å². The summed E-state index contributed by atoms with van der Waals surface area (Å²) in [6.07, 6.45) is 3.30. The molecule has 3 unspecified atom stereocenters. The van der Waals surface area contributed by atoms with Crippen molar-refractivity contribution in [1.29, 1.82) is 0 Å². The summed E-state index contributed by atoms with van der Waals surface area (Å²) in [4.78, 5) is 19.1. The SMILES string of the molecule is COC(=O)C1CCC(N(C)c2cc(-c3nccs3)ccc2OC)C1c1ccc(F)cc1. The van der Waals surface area contributed by atoms with Gasteiger partial charge in [0.15, 0.2) is 0 Å². The zero-order valence-corrected chi connectivity index (χ0v) is 18.6. The van der Waals surface area contributed by atoms with Gasteiger partial charge in [0, 0.05) is 36.1 Å². The first-order valence-electron chi connectivity index (χ1n) is 10.2. The van der Waals surface area contributed by atoms with Crippen LogP contribution >= 0.6 is 11.3 Å². The lowest BCUT2D eigenvalue weighted by Gasteiger charge is -2.34. The molecule has 0 spiro atoms. The van der Waals surface area contributed by atoms with Crippen LogP contribution in [0.2, 0.25) is 0 Å². The van der Waals surface area contributed by atoms with E-state index >= 15 is 0 Å². The summed E-state index contributed by atoms with van der Waals surface area (Å²) >= 11 is 1.58. The summed E-state index contributed by atoms with van der Waals surface area (Å²) < 4.78 is 24.3. The van der Waals surface area contributed by atoms with Crippen LogP contribution in [0.4, 0.5) is 10.1 Å². The Kier molecular flexibility index (Phi) is 6.23. The fraction of sp³-hybridized carbons (Fsp3) is 0.333. The second-order valence-corrected chi connectivity index (χ2v) is 8.58. The molecule has 2 aromatic carbocycles. The van der Waals surface area contributed by atoms with Crippen LogP contribution in [0.3, 0.4) is 0 Å². The molecule has 3 atom stereocenters. The van der Waals surface area contributed by atoms with Crippen LogP contribution in [0.15, 0.2) is 54.0 Å². The molecule has 5 nitrogen and oxygen atoms in total. The van der Waals surface area contributed by atoms with Crippen LogP contribution in [0.25, 0.3) is 10.6 Å². The fourth-order valence-corrected chi connectivity index (χ4v) is 5.25. The number of aromatic nitrogens is 1. The Bertz CT molecular complexity index is 1040. The first-order chi connectivity index (χ1) is 15.0. The molecule has 1 aliphatic carbocycles. The van der Waals surface area contributed by atoms with Crippen molar-refractivity contribution in [3.05, 3.63) is 65.4 Å². The predicted octanol–water partition coefficient (Wildman–Crippen LogP) is 5.13. The minimum absolute atomic E-state index is 0.0232. The number of methoxy groups -OCH3 is 2. The standard InChI is InChI=1S/C24H25FN2O3S/c1-27(20-14-16(6-11-21(20)29-2)23-26-12-13-31-23)19-10-9-18(24(28)30-3)22(19)15-4-7-17(25)8-5-15/h4-8,11-14,18-19,22H,9-10H2,1-3H3. The molecule has 1 fully saturated rings. The Labute approximate surface area is 185 Å². The molecule has 0 amide bonds. The average Bonchev–Trinajstić information content (AvgIpc) is 3.48. The number of thiazole rings is 1. The zero-order chi connectivity index (χ0) is 22.0. The van der Waals surface area contributed by atoms with E-state index in [1.54, 1.807) is 36.8 Å². The number of ether oxygens (including phenoxy) is 2. The molecule has 1 aromatic heterocycles. The van der Waals surface area contributed by atoms with Crippen molar-refractivity contribution in [3.8, 4) is 16.3 Å². The molecule has 0 radical (unpaired) electrons. The number of carbonyl (C=O) groups is 1. The Morgan fingerprint density at radius 3 is 2.58 bits per heavy atom. The van der Waals surface area contributed by atoms with Crippen molar-refractivity contribution in [2.24, 2.45) is 5.92 Å². The summed E-state index contributed by atoms with van der Waals surface area (Å²) in [7, 11) is 5.09. The maximum Gasteiger partial charge on any atom is 0.309 e. The summed E-state index contributed by atoms with van der Waals surface area (Å²) in [5, 5.41) is 2.89. The van der Waals surface area contributed by atoms with Gasteiger partial charge < -0.3 is 14.4 Å². The van der Waals surface area contributed by atoms with Crippen LogP contribution in [-0.2, 0) is 9.53 Å². The van der Waals surface area contributed by atoms with E-state index in [2.05, 4.69) is 16.0 Å². The molecule has 162 valence electrons. The highest BCUT2D eigenvalue weighted by molar-refractivity contribution is 7.13. The third kappa shape index (κ3) is 4.14. The highest BCUT2D eigenvalue weighted by Crippen LogP contribution is 2.46. The van der Waals surface area contributed by atoms with Crippen molar-refractivity contribution in [2.45, 2.75) is 24.8 Å². The summed E-state index contributed by atoms with van der Waals surface area (Å²) in [6, 6.07) is 12.5. The number of esters is 1. The average molecular weight is 441 g/mol. The first kappa shape index (κ1) is 21.3. The van der Waals surface area contributed by atoms with E-state index in [0.29, 0.717) is 6.42 Å². The third-order valence-corrected chi connectivity index (χ3v) is 6.94. The molecule has 0 N–H and O–H groups in total. The van der Waals surface area contributed by atoms with Crippen molar-refractivity contribution in [3.63, 3.8) is 0 Å². The highest BCUT2D eigenvalue weighted by atomic mass is 32.1. The minimum atomic E-state index is -0.293. The van der Waals surface area contributed by atoms with E-state index < -0.39 is 0 Å². The van der Waals surface area contributed by atoms with Gasteiger partial charge in [0.05, 0.1) is 25.8 Å². The molecule has 0 aliphatic heterocycles. The van der Waals surface area contributed by atoms with Gasteiger partial charge in [-0.3, -0.25) is 4.79 Å². The van der Waals surface area contributed by atoms with Gasteiger partial charge in [0.2, 0.25) is 0 Å². The van der Waals surface area contributed by atoms with E-state index in [9.17, 15) is 9.18 Å². The second kappa shape index (κ2) is 9.06. The summed E-state index contributed by atoms with van der Waals surface area (Å²) in [5.74, 6) is -0.169. The maximum atomic E-state index is 13.6. The van der Waals surface area contributed by atoms with Gasteiger partial charge in [-0.1, -0.05) is 12.1 Å². The van der Waals surface area contributed by atoms with E-state index in [1.165, 1.54) is 19.2 Å². The minimum Gasteiger partial charge on any atom is -0.495 e. The predicted molar refractivity (Wildman–Crippen MR) is 120 cm³/mol. The van der Waals surface area contributed by atoms with Gasteiger partial charge in [-0.25, -0.2) is 9.37 Å². The number of halogens is 1. The molecular formula is C24H25FN2O3S. The summed E-state index contributed by atoms with van der Waals surface area (Å²) in [6.45, 7) is 0. The molecular weight excluding hydrogens is 415 g/mol. The normalized spacial score (nSPS) is 20.5. The molecule has 3 aromatic rings. The lowest BCUT2D eigenvalue weighted by Crippen LogP contribution is -2.36. The van der Waals surface area contributed by atoms with Gasteiger partial charge in [0.25, 0.3) is 0 Å². The number of hydrogen-bond donors (Lipinski definition) is 0. The maximum absolute atomic E-state index is 13.6. The number of likely N-dealkylation sites (N-methyl/N-ethyl adjacent to an activating group) is 1. The van der Waals surface area contributed by atoms with Crippen molar-refractivity contribution < 1.29 is 18.7 Å². The number of carbonyl (C=O) groups excluding carboxylic acids is 1. The van der Waals surface area contributed by atoms with Crippen LogP contribution in [0.5, 0.6) is 5.75 Å². The van der Waals surface area contributed by atoms with Gasteiger partial charge >= 0.3 is 5.97 Å². The number of hydrogen-bond acceptors (Lipinski definition) is 6. The Balaban J connectivity index is 1.74. The molecule has 1 aliphatic rings. The monoisotopic (exact) mass is 440 g/mol. The number of nitrogens with zero attached hydrogens (tertiary/aromatic N) is 2. The highest BCUT2D eigenvalue weighted by Gasteiger charge is 2.44. The van der Waals surface area contributed by atoms with Gasteiger partial charge in [0.1, 0.15) is 16.6 Å². The van der Waals surface area contributed by atoms with Gasteiger partial charge in [-0.05, 0) is 48.7 Å². The van der Waals surface area contributed by atoms with E-state index in [4.69, 9.17) is 9.47 Å². The van der Waals surface area contributed by atoms with Crippen LogP contribution in [-0.4, -0.2) is 38.3 Å².